The van der Waals surface area contributed by atoms with Gasteiger partial charge < -0.3 is 10.5 Å². The Morgan fingerprint density at radius 2 is 1.78 bits per heavy atom. The van der Waals surface area contributed by atoms with E-state index in [0.717, 1.165) is 14.2 Å². The highest BCUT2D eigenvalue weighted by Gasteiger charge is 2.12. The lowest BCUT2D eigenvalue weighted by molar-refractivity contribution is -0.0498. The number of nitrogens with two attached hydrogens (primary N) is 1. The van der Waals surface area contributed by atoms with Crippen LogP contribution in [0.15, 0.2) is 40.2 Å². The van der Waals surface area contributed by atoms with E-state index >= 15 is 0 Å². The summed E-state index contributed by atoms with van der Waals surface area (Å²) in [6.07, 6.45) is 0. The van der Waals surface area contributed by atoms with Crippen LogP contribution in [0, 0.1) is 0 Å². The van der Waals surface area contributed by atoms with Gasteiger partial charge in [-0.15, -0.1) is 11.3 Å². The summed E-state index contributed by atoms with van der Waals surface area (Å²) in [6.45, 7) is -2.81. The number of benzene rings is 1. The number of ether oxygens (including phenoxy) is 1. The first kappa shape index (κ1) is 13.5. The van der Waals surface area contributed by atoms with Crippen LogP contribution >= 0.6 is 27.3 Å². The summed E-state index contributed by atoms with van der Waals surface area (Å²) >= 11 is 4.92. The van der Waals surface area contributed by atoms with Crippen molar-refractivity contribution >= 4 is 27.3 Å². The van der Waals surface area contributed by atoms with Crippen molar-refractivity contribution in [2.24, 2.45) is 5.73 Å². The van der Waals surface area contributed by atoms with Gasteiger partial charge in [-0.2, -0.15) is 8.78 Å². The molecule has 6 heteroatoms. The molecular formula is C12H10BrF2NOS. The highest BCUT2D eigenvalue weighted by atomic mass is 79.9. The molecule has 0 aliphatic heterocycles. The Balaban J connectivity index is 2.14. The highest BCUT2D eigenvalue weighted by Crippen LogP contribution is 2.30. The normalized spacial score (nSPS) is 12.7. The molecule has 96 valence electrons. The van der Waals surface area contributed by atoms with E-state index in [2.05, 4.69) is 20.7 Å². The van der Waals surface area contributed by atoms with Gasteiger partial charge in [0, 0.05) is 4.88 Å². The third-order valence-electron chi connectivity index (χ3n) is 2.36. The Kier molecular flexibility index (Phi) is 4.31. The van der Waals surface area contributed by atoms with Crippen LogP contribution in [0.2, 0.25) is 0 Å². The van der Waals surface area contributed by atoms with Crippen molar-refractivity contribution in [1.29, 1.82) is 0 Å². The van der Waals surface area contributed by atoms with Gasteiger partial charge in [-0.3, -0.25) is 0 Å². The minimum Gasteiger partial charge on any atom is -0.435 e. The molecule has 1 aromatic carbocycles. The molecule has 2 aromatic rings. The molecule has 18 heavy (non-hydrogen) atoms. The smallest absolute Gasteiger partial charge is 0.387 e. The first-order chi connectivity index (χ1) is 8.56. The molecule has 0 aliphatic rings. The van der Waals surface area contributed by atoms with Crippen molar-refractivity contribution in [1.82, 2.24) is 0 Å². The highest BCUT2D eigenvalue weighted by molar-refractivity contribution is 9.11. The molecular weight excluding hydrogens is 324 g/mol. The number of rotatable bonds is 4. The molecule has 0 amide bonds. The second-order valence-corrected chi connectivity index (χ2v) is 6.06. The van der Waals surface area contributed by atoms with E-state index in [1.807, 2.05) is 12.1 Å². The molecule has 0 bridgehead atoms. The Morgan fingerprint density at radius 3 is 2.28 bits per heavy atom. The van der Waals surface area contributed by atoms with E-state index in [1.165, 1.54) is 12.1 Å². The lowest BCUT2D eigenvalue weighted by atomic mass is 10.1. The fourth-order valence-corrected chi connectivity index (χ4v) is 2.97. The van der Waals surface area contributed by atoms with Crippen molar-refractivity contribution in [2.75, 3.05) is 0 Å². The molecule has 0 aliphatic carbocycles. The molecule has 0 spiro atoms. The van der Waals surface area contributed by atoms with E-state index in [9.17, 15) is 8.78 Å². The molecule has 1 atom stereocenters. The monoisotopic (exact) mass is 333 g/mol. The summed E-state index contributed by atoms with van der Waals surface area (Å²) in [5, 5.41) is 0. The average molecular weight is 334 g/mol. The zero-order valence-electron chi connectivity index (χ0n) is 9.15. The maximum absolute atomic E-state index is 12.0. The van der Waals surface area contributed by atoms with Crippen LogP contribution in [0.25, 0.3) is 0 Å². The van der Waals surface area contributed by atoms with Crippen LogP contribution in [0.4, 0.5) is 8.78 Å². The van der Waals surface area contributed by atoms with Crippen LogP contribution in [-0.2, 0) is 0 Å². The van der Waals surface area contributed by atoms with Gasteiger partial charge in [-0.1, -0.05) is 12.1 Å². The predicted octanol–water partition coefficient (Wildman–Crippen LogP) is 4.16. The maximum Gasteiger partial charge on any atom is 0.387 e. The molecule has 0 saturated carbocycles. The fourth-order valence-electron chi connectivity index (χ4n) is 1.52. The minimum absolute atomic E-state index is 0.133. The van der Waals surface area contributed by atoms with Crippen LogP contribution in [0.5, 0.6) is 5.75 Å². The van der Waals surface area contributed by atoms with Crippen molar-refractivity contribution in [3.8, 4) is 5.75 Å². The lowest BCUT2D eigenvalue weighted by Crippen LogP contribution is -2.10. The summed E-state index contributed by atoms with van der Waals surface area (Å²) in [5.74, 6) is 0.133. The second-order valence-electron chi connectivity index (χ2n) is 3.57. The SMILES string of the molecule is NC(c1ccc(OC(F)F)cc1)c1ccc(Br)s1. The van der Waals surface area contributed by atoms with Crippen molar-refractivity contribution in [3.05, 3.63) is 50.6 Å². The molecule has 0 fully saturated rings. The van der Waals surface area contributed by atoms with Crippen LogP contribution in [0.3, 0.4) is 0 Å². The Morgan fingerprint density at radius 1 is 1.11 bits per heavy atom. The van der Waals surface area contributed by atoms with Crippen LogP contribution in [-0.4, -0.2) is 6.61 Å². The lowest BCUT2D eigenvalue weighted by Gasteiger charge is -2.11. The Labute approximate surface area is 116 Å². The number of thiophene rings is 1. The molecule has 0 saturated heterocycles. The molecule has 2 nitrogen and oxygen atoms in total. The van der Waals surface area contributed by atoms with Crippen molar-refractivity contribution < 1.29 is 13.5 Å². The maximum atomic E-state index is 12.0. The van der Waals surface area contributed by atoms with Gasteiger partial charge in [0.25, 0.3) is 0 Å². The van der Waals surface area contributed by atoms with Gasteiger partial charge in [-0.05, 0) is 45.8 Å². The van der Waals surface area contributed by atoms with E-state index in [0.29, 0.717) is 0 Å². The van der Waals surface area contributed by atoms with Gasteiger partial charge in [0.2, 0.25) is 0 Å². The molecule has 0 radical (unpaired) electrons. The first-order valence-electron chi connectivity index (χ1n) is 5.12. The second kappa shape index (κ2) is 5.77. The molecule has 2 rings (SSSR count). The summed E-state index contributed by atoms with van der Waals surface area (Å²) in [6, 6.07) is 9.96. The van der Waals surface area contributed by atoms with Gasteiger partial charge in [0.1, 0.15) is 5.75 Å². The van der Waals surface area contributed by atoms with E-state index < -0.39 is 6.61 Å². The summed E-state index contributed by atoms with van der Waals surface area (Å²) in [7, 11) is 0. The van der Waals surface area contributed by atoms with Gasteiger partial charge >= 0.3 is 6.61 Å². The third kappa shape index (κ3) is 3.28. The molecule has 1 heterocycles. The summed E-state index contributed by atoms with van der Waals surface area (Å²) < 4.78 is 29.3. The zero-order valence-corrected chi connectivity index (χ0v) is 11.5. The molecule has 1 unspecified atom stereocenters. The standard InChI is InChI=1S/C12H10BrF2NOS/c13-10-6-5-9(18-10)11(16)7-1-3-8(4-2-7)17-12(14)15/h1-6,11-12H,16H2. The summed E-state index contributed by atoms with van der Waals surface area (Å²) in [5.41, 5.74) is 6.93. The summed E-state index contributed by atoms with van der Waals surface area (Å²) in [4.78, 5) is 1.00. The van der Waals surface area contributed by atoms with Gasteiger partial charge in [-0.25, -0.2) is 0 Å². The zero-order chi connectivity index (χ0) is 13.1. The first-order valence-corrected chi connectivity index (χ1v) is 6.73. The topological polar surface area (TPSA) is 35.2 Å². The minimum atomic E-state index is -2.81. The molecule has 1 aromatic heterocycles. The van der Waals surface area contributed by atoms with Gasteiger partial charge in [0.15, 0.2) is 0 Å². The van der Waals surface area contributed by atoms with Crippen molar-refractivity contribution in [2.45, 2.75) is 12.7 Å². The predicted molar refractivity (Wildman–Crippen MR) is 71.1 cm³/mol. The Hall–Kier alpha value is -0.980. The van der Waals surface area contributed by atoms with E-state index in [-0.39, 0.29) is 11.8 Å². The largest absolute Gasteiger partial charge is 0.435 e. The third-order valence-corrected chi connectivity index (χ3v) is 4.07. The number of halogens is 3. The number of alkyl halides is 2. The van der Waals surface area contributed by atoms with E-state index in [1.54, 1.807) is 23.5 Å². The fraction of sp³-hybridized carbons (Fsp3) is 0.167. The number of hydrogen-bond acceptors (Lipinski definition) is 3. The van der Waals surface area contributed by atoms with Crippen LogP contribution in [0.1, 0.15) is 16.5 Å². The van der Waals surface area contributed by atoms with Crippen LogP contribution < -0.4 is 10.5 Å². The molecule has 2 N–H and O–H groups in total. The Bertz CT molecular complexity index is 515. The average Bonchev–Trinajstić information content (AvgIpc) is 2.75. The quantitative estimate of drug-likeness (QED) is 0.911. The van der Waals surface area contributed by atoms with E-state index in [4.69, 9.17) is 5.73 Å². The van der Waals surface area contributed by atoms with Crippen molar-refractivity contribution in [3.63, 3.8) is 0 Å². The number of hydrogen-bond donors (Lipinski definition) is 1. The van der Waals surface area contributed by atoms with Gasteiger partial charge in [0.05, 0.1) is 9.83 Å².